The van der Waals surface area contributed by atoms with E-state index >= 15 is 0 Å². The first kappa shape index (κ1) is 26.8. The molecule has 2 atom stereocenters. The number of carbonyl (C=O) groups is 3. The van der Waals surface area contributed by atoms with Crippen LogP contribution in [0.25, 0.3) is 0 Å². The minimum Gasteiger partial charge on any atom is -0.480 e. The third-order valence-corrected chi connectivity index (χ3v) is 2.37. The fourth-order valence-electron chi connectivity index (χ4n) is 0.721. The van der Waals surface area contributed by atoms with Crippen LogP contribution in [0.15, 0.2) is 4.99 Å². The molecule has 0 spiro atoms. The van der Waals surface area contributed by atoms with Gasteiger partial charge in [0.2, 0.25) is 0 Å². The van der Waals surface area contributed by atoms with Crippen LogP contribution in [0, 0.1) is 0 Å². The monoisotopic (exact) mass is 370 g/mol. The average molecular weight is 370 g/mol. The van der Waals surface area contributed by atoms with E-state index in [9.17, 15) is 14.4 Å². The molecule has 0 saturated carbocycles. The number of aliphatic carboxylic acids is 3. The molecule has 2 unspecified atom stereocenters. The predicted octanol–water partition coefficient (Wildman–Crippen LogP) is -3.19. The Bertz CT molecular complexity index is 404. The average Bonchev–Trinajstić information content (AvgIpc) is 2.51. The third kappa shape index (κ3) is 24.9. The molecular weight excluding hydrogens is 344 g/mol. The molecule has 24 heavy (non-hydrogen) atoms. The number of rotatable bonds is 8. The van der Waals surface area contributed by atoms with Crippen molar-refractivity contribution >= 4 is 36.5 Å². The lowest BCUT2D eigenvalue weighted by Crippen LogP contribution is -2.31. The molecule has 0 aromatic heterocycles. The first-order valence-corrected chi connectivity index (χ1v) is 7.17. The quantitative estimate of drug-likeness (QED) is 0.0889. The minimum atomic E-state index is -1.00. The maximum absolute atomic E-state index is 10.2. The number of nitrogens with zero attached hydrogens (tertiary/aromatic N) is 1. The number of nitrogens with two attached hydrogens (primary N) is 5. The van der Waals surface area contributed by atoms with Crippen molar-refractivity contribution in [1.82, 2.24) is 0 Å². The number of carboxylic acids is 3. The summed E-state index contributed by atoms with van der Waals surface area (Å²) in [5.74, 6) is -2.77. The highest BCUT2D eigenvalue weighted by Gasteiger charge is 2.09. The minimum absolute atomic E-state index is 0.0129. The Morgan fingerprint density at radius 2 is 1.42 bits per heavy atom. The van der Waals surface area contributed by atoms with Gasteiger partial charge >= 0.3 is 17.9 Å². The highest BCUT2D eigenvalue weighted by atomic mass is 32.1. The van der Waals surface area contributed by atoms with Gasteiger partial charge in [-0.25, -0.2) is 0 Å². The normalized spacial score (nSPS) is 11.5. The Labute approximate surface area is 144 Å². The van der Waals surface area contributed by atoms with Crippen LogP contribution in [0.5, 0.6) is 0 Å². The number of thiol groups is 1. The summed E-state index contributed by atoms with van der Waals surface area (Å²) in [6.07, 6.45) is 0.956. The highest BCUT2D eigenvalue weighted by molar-refractivity contribution is 7.80. The van der Waals surface area contributed by atoms with E-state index in [2.05, 4.69) is 23.4 Å². The molecule has 12 nitrogen and oxygen atoms in total. The molecule has 142 valence electrons. The van der Waals surface area contributed by atoms with E-state index in [-0.39, 0.29) is 18.3 Å². The summed E-state index contributed by atoms with van der Waals surface area (Å²) in [4.78, 5) is 32.9. The summed E-state index contributed by atoms with van der Waals surface area (Å²) >= 11 is 3.65. The molecule has 0 bridgehead atoms. The Hall–Kier alpha value is -2.09. The number of aliphatic imine (C=N–C) groups is 1. The summed E-state index contributed by atoms with van der Waals surface area (Å²) in [6.45, 7) is 0.142. The smallest absolute Gasteiger partial charge is 0.321 e. The van der Waals surface area contributed by atoms with Crippen molar-refractivity contribution in [2.75, 3.05) is 18.8 Å². The van der Waals surface area contributed by atoms with E-state index in [1.54, 1.807) is 0 Å². The van der Waals surface area contributed by atoms with Gasteiger partial charge < -0.3 is 44.0 Å². The lowest BCUT2D eigenvalue weighted by atomic mass is 10.2. The van der Waals surface area contributed by atoms with Crippen LogP contribution < -0.4 is 28.7 Å². The van der Waals surface area contributed by atoms with Crippen molar-refractivity contribution in [3.63, 3.8) is 0 Å². The van der Waals surface area contributed by atoms with Gasteiger partial charge in [0.15, 0.2) is 5.96 Å². The van der Waals surface area contributed by atoms with Crippen LogP contribution in [-0.2, 0) is 14.4 Å². The van der Waals surface area contributed by atoms with Crippen molar-refractivity contribution < 1.29 is 29.7 Å². The van der Waals surface area contributed by atoms with Gasteiger partial charge in [0.25, 0.3) is 0 Å². The summed E-state index contributed by atoms with van der Waals surface area (Å²) in [7, 11) is 0. The molecule has 0 aliphatic carbocycles. The SMILES string of the molecule is NC(CS)C(=O)O.NC(N)=NCCCC(N)C(=O)O.NCC(=O)O. The predicted molar refractivity (Wildman–Crippen MR) is 91.7 cm³/mol. The molecule has 13 heteroatoms. The molecule has 0 aromatic rings. The number of guanidine groups is 1. The van der Waals surface area contributed by atoms with Gasteiger partial charge in [-0.15, -0.1) is 0 Å². The maximum atomic E-state index is 10.2. The standard InChI is InChI=1S/C6H14N4O2.C3H7NO2S.C2H5NO2/c7-4(5(11)12)2-1-3-10-6(8)9;4-2(1-7)3(5)6;3-1-2(4)5/h4H,1-3,7H2,(H,11,12)(H4,8,9,10);2,7H,1,4H2,(H,5,6);1,3H2,(H,4,5). The van der Waals surface area contributed by atoms with E-state index in [4.69, 9.17) is 38.3 Å². The van der Waals surface area contributed by atoms with E-state index < -0.39 is 30.0 Å². The lowest BCUT2D eigenvalue weighted by molar-refractivity contribution is -0.139. The van der Waals surface area contributed by atoms with Crippen molar-refractivity contribution in [1.29, 1.82) is 0 Å². The van der Waals surface area contributed by atoms with Gasteiger partial charge in [-0.05, 0) is 12.8 Å². The second-order valence-electron chi connectivity index (χ2n) is 4.12. The van der Waals surface area contributed by atoms with E-state index in [1.165, 1.54) is 0 Å². The van der Waals surface area contributed by atoms with E-state index in [1.807, 2.05) is 0 Å². The van der Waals surface area contributed by atoms with E-state index in [0.29, 0.717) is 19.4 Å². The largest absolute Gasteiger partial charge is 0.480 e. The first-order chi connectivity index (χ1) is 11.0. The third-order valence-electron chi connectivity index (χ3n) is 1.97. The molecule has 0 heterocycles. The zero-order valence-corrected chi connectivity index (χ0v) is 13.9. The number of carboxylic acid groups (broad SMARTS) is 3. The van der Waals surface area contributed by atoms with Gasteiger partial charge in [-0.1, -0.05) is 0 Å². The van der Waals surface area contributed by atoms with Crippen LogP contribution >= 0.6 is 12.6 Å². The zero-order valence-electron chi connectivity index (χ0n) is 13.0. The van der Waals surface area contributed by atoms with E-state index in [0.717, 1.165) is 0 Å². The molecular formula is C11H26N6O6S. The zero-order chi connectivity index (χ0) is 19.7. The number of hydrogen-bond acceptors (Lipinski definition) is 8. The van der Waals surface area contributed by atoms with Gasteiger partial charge in [-0.2, -0.15) is 12.6 Å². The molecule has 0 rings (SSSR count). The number of hydrogen-bond donors (Lipinski definition) is 9. The molecule has 0 fully saturated rings. The molecule has 0 aliphatic rings. The maximum Gasteiger partial charge on any atom is 0.321 e. The second-order valence-corrected chi connectivity index (χ2v) is 4.48. The Kier molecular flexibility index (Phi) is 19.3. The van der Waals surface area contributed by atoms with Crippen LogP contribution in [0.2, 0.25) is 0 Å². The summed E-state index contributed by atoms with van der Waals surface area (Å²) in [5.41, 5.74) is 24.8. The molecule has 0 saturated heterocycles. The topological polar surface area (TPSA) is 254 Å². The Balaban J connectivity index is -0.000000311. The van der Waals surface area contributed by atoms with Crippen molar-refractivity contribution in [3.05, 3.63) is 0 Å². The fraction of sp³-hybridized carbons (Fsp3) is 0.636. The molecule has 0 radical (unpaired) electrons. The van der Waals surface area contributed by atoms with Gasteiger partial charge in [0.1, 0.15) is 12.1 Å². The molecule has 13 N–H and O–H groups in total. The van der Waals surface area contributed by atoms with Crippen molar-refractivity contribution in [2.24, 2.45) is 33.7 Å². The van der Waals surface area contributed by atoms with Crippen LogP contribution in [0.3, 0.4) is 0 Å². The second kappa shape index (κ2) is 17.3. The highest BCUT2D eigenvalue weighted by Crippen LogP contribution is 1.94. The summed E-state index contributed by atoms with van der Waals surface area (Å²) in [6, 6.07) is -1.64. The van der Waals surface area contributed by atoms with Gasteiger partial charge in [0, 0.05) is 12.3 Å². The van der Waals surface area contributed by atoms with Gasteiger partial charge in [0.05, 0.1) is 6.54 Å². The van der Waals surface area contributed by atoms with Crippen molar-refractivity contribution in [3.8, 4) is 0 Å². The Morgan fingerprint density at radius 1 is 1.00 bits per heavy atom. The first-order valence-electron chi connectivity index (χ1n) is 6.54. The van der Waals surface area contributed by atoms with Gasteiger partial charge in [-0.3, -0.25) is 19.4 Å². The van der Waals surface area contributed by atoms with Crippen LogP contribution in [-0.4, -0.2) is 70.1 Å². The van der Waals surface area contributed by atoms with Crippen molar-refractivity contribution in [2.45, 2.75) is 24.9 Å². The van der Waals surface area contributed by atoms with Crippen LogP contribution in [0.1, 0.15) is 12.8 Å². The molecule has 0 amide bonds. The summed E-state index contributed by atoms with van der Waals surface area (Å²) in [5, 5.41) is 24.0. The molecule has 0 aliphatic heterocycles. The Morgan fingerprint density at radius 3 is 1.62 bits per heavy atom. The lowest BCUT2D eigenvalue weighted by Gasteiger charge is -2.03. The molecule has 0 aromatic carbocycles. The fourth-order valence-corrected chi connectivity index (χ4v) is 0.877. The summed E-state index contributed by atoms with van der Waals surface area (Å²) < 4.78 is 0. The van der Waals surface area contributed by atoms with Crippen LogP contribution in [0.4, 0.5) is 0 Å².